The van der Waals surface area contributed by atoms with E-state index in [0.29, 0.717) is 5.02 Å². The number of aryl methyl sites for hydroxylation is 1. The Balaban J connectivity index is 2.48. The molecular weight excluding hydrogens is 212 g/mol. The van der Waals surface area contributed by atoms with Crippen molar-refractivity contribution in [3.63, 3.8) is 0 Å². The summed E-state index contributed by atoms with van der Waals surface area (Å²) >= 11 is 5.87. The second kappa shape index (κ2) is 3.95. The zero-order chi connectivity index (χ0) is 10.8. The van der Waals surface area contributed by atoms with Gasteiger partial charge in [0.25, 0.3) is 0 Å². The average molecular weight is 223 g/mol. The molecule has 0 atom stereocenters. The van der Waals surface area contributed by atoms with E-state index in [1.165, 1.54) is 4.68 Å². The molecule has 0 fully saturated rings. The van der Waals surface area contributed by atoms with Gasteiger partial charge in [0.15, 0.2) is 0 Å². The summed E-state index contributed by atoms with van der Waals surface area (Å²) in [6, 6.07) is 8.86. The van der Waals surface area contributed by atoms with Crippen molar-refractivity contribution < 1.29 is 5.11 Å². The van der Waals surface area contributed by atoms with E-state index in [9.17, 15) is 5.11 Å². The van der Waals surface area contributed by atoms with E-state index in [4.69, 9.17) is 11.6 Å². The second-order valence-electron chi connectivity index (χ2n) is 3.24. The van der Waals surface area contributed by atoms with Gasteiger partial charge in [-0.05, 0) is 24.6 Å². The van der Waals surface area contributed by atoms with Gasteiger partial charge in [0.05, 0.1) is 11.4 Å². The summed E-state index contributed by atoms with van der Waals surface area (Å²) in [5, 5.41) is 14.5. The van der Waals surface area contributed by atoms with Crippen LogP contribution in [0.1, 0.15) is 12.6 Å². The SMILES string of the molecule is CCc1cc(O)n(-c2cccc(Cl)c2)n1. The largest absolute Gasteiger partial charge is 0.493 e. The molecule has 2 rings (SSSR count). The third-order valence-corrected chi connectivity index (χ3v) is 2.39. The molecule has 4 heteroatoms. The number of hydrogen-bond acceptors (Lipinski definition) is 2. The molecule has 78 valence electrons. The average Bonchev–Trinajstić information content (AvgIpc) is 2.60. The Morgan fingerprint density at radius 1 is 1.40 bits per heavy atom. The summed E-state index contributed by atoms with van der Waals surface area (Å²) < 4.78 is 1.48. The maximum absolute atomic E-state index is 9.66. The third kappa shape index (κ3) is 1.97. The minimum Gasteiger partial charge on any atom is -0.493 e. The van der Waals surface area contributed by atoms with Crippen molar-refractivity contribution in [2.75, 3.05) is 0 Å². The van der Waals surface area contributed by atoms with Gasteiger partial charge in [0, 0.05) is 11.1 Å². The molecule has 0 saturated carbocycles. The lowest BCUT2D eigenvalue weighted by Crippen LogP contribution is -1.96. The van der Waals surface area contributed by atoms with E-state index in [1.54, 1.807) is 18.2 Å². The summed E-state index contributed by atoms with van der Waals surface area (Å²) in [4.78, 5) is 0. The minimum absolute atomic E-state index is 0.133. The first-order chi connectivity index (χ1) is 7.20. The molecule has 0 unspecified atom stereocenters. The predicted molar refractivity (Wildman–Crippen MR) is 59.6 cm³/mol. The molecule has 0 saturated heterocycles. The fourth-order valence-electron chi connectivity index (χ4n) is 1.39. The van der Waals surface area contributed by atoms with Gasteiger partial charge in [-0.25, -0.2) is 4.68 Å². The van der Waals surface area contributed by atoms with E-state index in [1.807, 2.05) is 19.1 Å². The lowest BCUT2D eigenvalue weighted by Gasteiger charge is -2.02. The Morgan fingerprint density at radius 2 is 2.20 bits per heavy atom. The van der Waals surface area contributed by atoms with Gasteiger partial charge < -0.3 is 5.11 Å². The molecule has 15 heavy (non-hydrogen) atoms. The first kappa shape index (κ1) is 10.1. The van der Waals surface area contributed by atoms with Crippen molar-refractivity contribution in [2.24, 2.45) is 0 Å². The molecule has 1 heterocycles. The maximum atomic E-state index is 9.66. The molecule has 2 aromatic rings. The van der Waals surface area contributed by atoms with Crippen LogP contribution < -0.4 is 0 Å². The van der Waals surface area contributed by atoms with Crippen LogP contribution in [0, 0.1) is 0 Å². The molecule has 0 aliphatic carbocycles. The van der Waals surface area contributed by atoms with Crippen molar-refractivity contribution in [1.29, 1.82) is 0 Å². The van der Waals surface area contributed by atoms with Crippen LogP contribution in [0.4, 0.5) is 0 Å². The molecule has 1 aromatic heterocycles. The molecule has 0 aliphatic heterocycles. The molecule has 0 radical (unpaired) electrons. The number of halogens is 1. The summed E-state index contributed by atoms with van der Waals surface area (Å²) in [5.41, 5.74) is 1.62. The summed E-state index contributed by atoms with van der Waals surface area (Å²) in [5.74, 6) is 0.133. The van der Waals surface area contributed by atoms with E-state index < -0.39 is 0 Å². The predicted octanol–water partition coefficient (Wildman–Crippen LogP) is 2.79. The zero-order valence-electron chi connectivity index (χ0n) is 8.31. The van der Waals surface area contributed by atoms with Gasteiger partial charge in [-0.3, -0.25) is 0 Å². The highest BCUT2D eigenvalue weighted by atomic mass is 35.5. The zero-order valence-corrected chi connectivity index (χ0v) is 9.07. The van der Waals surface area contributed by atoms with Crippen molar-refractivity contribution in [3.05, 3.63) is 41.0 Å². The number of rotatable bonds is 2. The lowest BCUT2D eigenvalue weighted by atomic mass is 10.3. The molecule has 3 nitrogen and oxygen atoms in total. The van der Waals surface area contributed by atoms with Gasteiger partial charge in [-0.15, -0.1) is 0 Å². The highest BCUT2D eigenvalue weighted by Gasteiger charge is 2.07. The van der Waals surface area contributed by atoms with E-state index >= 15 is 0 Å². The van der Waals surface area contributed by atoms with Crippen LogP contribution in [0.5, 0.6) is 5.88 Å². The third-order valence-electron chi connectivity index (χ3n) is 2.16. The quantitative estimate of drug-likeness (QED) is 0.849. The Bertz CT molecular complexity index is 479. The highest BCUT2D eigenvalue weighted by molar-refractivity contribution is 6.30. The van der Waals surface area contributed by atoms with Crippen molar-refractivity contribution in [2.45, 2.75) is 13.3 Å². The van der Waals surface area contributed by atoms with Crippen LogP contribution >= 0.6 is 11.6 Å². The minimum atomic E-state index is 0.133. The molecule has 0 aliphatic rings. The van der Waals surface area contributed by atoms with Gasteiger partial charge in [0.2, 0.25) is 5.88 Å². The van der Waals surface area contributed by atoms with E-state index in [0.717, 1.165) is 17.8 Å². The molecule has 1 aromatic carbocycles. The maximum Gasteiger partial charge on any atom is 0.214 e. The van der Waals surface area contributed by atoms with Gasteiger partial charge in [0.1, 0.15) is 0 Å². The monoisotopic (exact) mass is 222 g/mol. The fourth-order valence-corrected chi connectivity index (χ4v) is 1.57. The first-order valence-electron chi connectivity index (χ1n) is 4.74. The smallest absolute Gasteiger partial charge is 0.214 e. The van der Waals surface area contributed by atoms with Crippen LogP contribution in [-0.4, -0.2) is 14.9 Å². The van der Waals surface area contributed by atoms with E-state index in [-0.39, 0.29) is 5.88 Å². The molecule has 0 bridgehead atoms. The first-order valence-corrected chi connectivity index (χ1v) is 5.12. The summed E-state index contributed by atoms with van der Waals surface area (Å²) in [6.45, 7) is 1.99. The van der Waals surface area contributed by atoms with Crippen LogP contribution in [0.3, 0.4) is 0 Å². The van der Waals surface area contributed by atoms with Crippen LogP contribution in [-0.2, 0) is 6.42 Å². The Kier molecular flexibility index (Phi) is 2.64. The standard InChI is InChI=1S/C11H11ClN2O/c1-2-9-7-11(15)14(13-9)10-5-3-4-8(12)6-10/h3-7,15H,2H2,1H3. The molecule has 0 spiro atoms. The molecule has 1 N–H and O–H groups in total. The van der Waals surface area contributed by atoms with Crippen molar-refractivity contribution in [1.82, 2.24) is 9.78 Å². The van der Waals surface area contributed by atoms with Crippen molar-refractivity contribution in [3.8, 4) is 11.6 Å². The molecular formula is C11H11ClN2O. The number of nitrogens with zero attached hydrogens (tertiary/aromatic N) is 2. The van der Waals surface area contributed by atoms with E-state index in [2.05, 4.69) is 5.10 Å². The number of aromatic nitrogens is 2. The summed E-state index contributed by atoms with van der Waals surface area (Å²) in [7, 11) is 0. The Hall–Kier alpha value is -1.48. The van der Waals surface area contributed by atoms with Gasteiger partial charge >= 0.3 is 0 Å². The van der Waals surface area contributed by atoms with Crippen LogP contribution in [0.25, 0.3) is 5.69 Å². The van der Waals surface area contributed by atoms with Crippen LogP contribution in [0.15, 0.2) is 30.3 Å². The molecule has 0 amide bonds. The van der Waals surface area contributed by atoms with Gasteiger partial charge in [-0.1, -0.05) is 24.6 Å². The second-order valence-corrected chi connectivity index (χ2v) is 3.68. The highest BCUT2D eigenvalue weighted by Crippen LogP contribution is 2.20. The van der Waals surface area contributed by atoms with Crippen LogP contribution in [0.2, 0.25) is 5.02 Å². The fraction of sp³-hybridized carbons (Fsp3) is 0.182. The Labute approximate surface area is 92.9 Å². The number of aromatic hydroxyl groups is 1. The van der Waals surface area contributed by atoms with Gasteiger partial charge in [-0.2, -0.15) is 5.10 Å². The Morgan fingerprint density at radius 3 is 2.80 bits per heavy atom. The van der Waals surface area contributed by atoms with Crippen molar-refractivity contribution >= 4 is 11.6 Å². The topological polar surface area (TPSA) is 38.0 Å². The normalized spacial score (nSPS) is 10.5. The number of hydrogen-bond donors (Lipinski definition) is 1. The number of benzene rings is 1. The lowest BCUT2D eigenvalue weighted by molar-refractivity contribution is 0.433. The summed E-state index contributed by atoms with van der Waals surface area (Å²) in [6.07, 6.45) is 0.793.